The van der Waals surface area contributed by atoms with E-state index in [9.17, 15) is 0 Å². The third-order valence-electron chi connectivity index (χ3n) is 7.00. The summed E-state index contributed by atoms with van der Waals surface area (Å²) in [6, 6.07) is 40.9. The minimum Gasteiger partial charge on any atom is -0.400 e. The van der Waals surface area contributed by atoms with E-state index in [1.54, 1.807) is 7.11 Å². The van der Waals surface area contributed by atoms with E-state index in [2.05, 4.69) is 48.5 Å². The summed E-state index contributed by atoms with van der Waals surface area (Å²) >= 11 is 0. The highest BCUT2D eigenvalue weighted by molar-refractivity contribution is 6.51. The van der Waals surface area contributed by atoms with Crippen molar-refractivity contribution >= 4 is 7.12 Å². The number of benzene rings is 4. The van der Waals surface area contributed by atoms with Gasteiger partial charge < -0.3 is 28.3 Å². The highest BCUT2D eigenvalue weighted by atomic mass is 16.7. The lowest BCUT2D eigenvalue weighted by Gasteiger charge is -2.25. The van der Waals surface area contributed by atoms with Crippen LogP contribution in [0.25, 0.3) is 0 Å². The molecule has 216 valence electrons. The Morgan fingerprint density at radius 3 is 1.36 bits per heavy atom. The summed E-state index contributed by atoms with van der Waals surface area (Å²) in [7, 11) is 1.05. The molecule has 42 heavy (non-hydrogen) atoms. The zero-order chi connectivity index (χ0) is 28.8. The first-order valence-electron chi connectivity index (χ1n) is 14.3. The molecule has 0 spiro atoms. The van der Waals surface area contributed by atoms with Crippen molar-refractivity contribution < 1.29 is 28.3 Å². The van der Waals surface area contributed by atoms with Gasteiger partial charge in [-0.25, -0.2) is 0 Å². The first kappa shape index (κ1) is 29.9. The molecule has 1 heterocycles. The van der Waals surface area contributed by atoms with Crippen molar-refractivity contribution in [3.63, 3.8) is 0 Å². The van der Waals surface area contributed by atoms with Gasteiger partial charge in [0.1, 0.15) is 19.0 Å². The van der Waals surface area contributed by atoms with Crippen LogP contribution in [0.2, 0.25) is 0 Å². The lowest BCUT2D eigenvalue weighted by Crippen LogP contribution is -2.33. The van der Waals surface area contributed by atoms with Gasteiger partial charge in [-0.05, 0) is 22.3 Å². The molecule has 0 bridgehead atoms. The van der Waals surface area contributed by atoms with E-state index in [-0.39, 0.29) is 31.2 Å². The largest absolute Gasteiger partial charge is 0.486 e. The van der Waals surface area contributed by atoms with Crippen molar-refractivity contribution in [2.75, 3.05) is 33.7 Å². The maximum absolute atomic E-state index is 6.58. The Bertz CT molecular complexity index is 1150. The summed E-state index contributed by atoms with van der Waals surface area (Å²) in [6.07, 6.45) is 0.702. The molecule has 0 aromatic heterocycles. The van der Waals surface area contributed by atoms with Crippen LogP contribution in [0, 0.1) is 0 Å². The summed E-state index contributed by atoms with van der Waals surface area (Å²) in [5.74, 6) is 1.86. The smallest absolute Gasteiger partial charge is 0.400 e. The van der Waals surface area contributed by atoms with E-state index in [1.807, 2.05) is 84.8 Å². The zero-order valence-electron chi connectivity index (χ0n) is 23.9. The molecular formula is C35H37BO6. The highest BCUT2D eigenvalue weighted by Gasteiger charge is 2.39. The molecule has 0 saturated carbocycles. The summed E-state index contributed by atoms with van der Waals surface area (Å²) in [5, 5.41) is 0. The van der Waals surface area contributed by atoms with Gasteiger partial charge in [-0.2, -0.15) is 0 Å². The van der Waals surface area contributed by atoms with Crippen LogP contribution in [0.15, 0.2) is 133 Å². The highest BCUT2D eigenvalue weighted by Crippen LogP contribution is 2.30. The van der Waals surface area contributed by atoms with Gasteiger partial charge in [0, 0.05) is 7.11 Å². The molecule has 1 aliphatic rings. The Hall–Kier alpha value is -3.56. The van der Waals surface area contributed by atoms with Crippen molar-refractivity contribution in [3.8, 4) is 0 Å². The van der Waals surface area contributed by atoms with E-state index in [0.29, 0.717) is 19.8 Å². The van der Waals surface area contributed by atoms with Crippen molar-refractivity contribution in [2.24, 2.45) is 0 Å². The second-order valence-corrected chi connectivity index (χ2v) is 9.99. The second kappa shape index (κ2) is 16.2. The molecule has 0 aliphatic carbocycles. The molecule has 2 atom stereocenters. The zero-order valence-corrected chi connectivity index (χ0v) is 23.9. The molecule has 0 N–H and O–H groups in total. The average Bonchev–Trinajstić information content (AvgIpc) is 3.44. The van der Waals surface area contributed by atoms with Crippen LogP contribution >= 0.6 is 0 Å². The standard InChI is InChI=1S/C35H37BO6/c1-37-27-38-24-14-23-36-41-32(25-39-34(28-15-6-2-7-16-28)29-17-8-3-9-18-29)33(42-36)26-40-35(30-19-10-4-11-20-30)31-21-12-5-13-22-31/h2-23,32-35H,24-27H2,1H3/b23-14+/t32-,33-/m1/s1. The Morgan fingerprint density at radius 2 is 1.00 bits per heavy atom. The molecular weight excluding hydrogens is 527 g/mol. The van der Waals surface area contributed by atoms with Crippen molar-refractivity contribution in [1.29, 1.82) is 0 Å². The fourth-order valence-electron chi connectivity index (χ4n) is 4.97. The van der Waals surface area contributed by atoms with Crippen LogP contribution in [-0.2, 0) is 28.3 Å². The molecule has 4 aromatic carbocycles. The third-order valence-corrected chi connectivity index (χ3v) is 7.00. The predicted octanol–water partition coefficient (Wildman–Crippen LogP) is 6.59. The Morgan fingerprint density at radius 1 is 0.619 bits per heavy atom. The summed E-state index contributed by atoms with van der Waals surface area (Å²) in [4.78, 5) is 0. The normalized spacial score (nSPS) is 17.1. The Kier molecular flexibility index (Phi) is 11.5. The van der Waals surface area contributed by atoms with Gasteiger partial charge in [-0.15, -0.1) is 0 Å². The number of methoxy groups -OCH3 is 1. The monoisotopic (exact) mass is 564 g/mol. The van der Waals surface area contributed by atoms with Crippen molar-refractivity contribution in [1.82, 2.24) is 0 Å². The summed E-state index contributed by atoms with van der Waals surface area (Å²) in [6.45, 7) is 1.28. The average molecular weight is 564 g/mol. The summed E-state index contributed by atoms with van der Waals surface area (Å²) in [5.41, 5.74) is 4.32. The van der Waals surface area contributed by atoms with Gasteiger partial charge in [0.05, 0.1) is 32.0 Å². The molecule has 1 saturated heterocycles. The maximum Gasteiger partial charge on any atom is 0.486 e. The quantitative estimate of drug-likeness (QED) is 0.0923. The van der Waals surface area contributed by atoms with Gasteiger partial charge in [0.15, 0.2) is 0 Å². The molecule has 1 fully saturated rings. The fraction of sp³-hybridized carbons (Fsp3) is 0.257. The van der Waals surface area contributed by atoms with Crippen LogP contribution in [0.5, 0.6) is 0 Å². The molecule has 0 unspecified atom stereocenters. The van der Waals surface area contributed by atoms with Crippen molar-refractivity contribution in [2.45, 2.75) is 24.4 Å². The minimum absolute atomic E-state index is 0.227. The number of rotatable bonds is 15. The maximum atomic E-state index is 6.58. The number of ether oxygens (including phenoxy) is 4. The van der Waals surface area contributed by atoms with Gasteiger partial charge in [-0.3, -0.25) is 0 Å². The van der Waals surface area contributed by atoms with E-state index in [0.717, 1.165) is 22.3 Å². The van der Waals surface area contributed by atoms with Gasteiger partial charge >= 0.3 is 7.12 Å². The van der Waals surface area contributed by atoms with Crippen LogP contribution in [-0.4, -0.2) is 53.0 Å². The molecule has 0 amide bonds. The third kappa shape index (κ3) is 8.49. The molecule has 1 aliphatic heterocycles. The SMILES string of the molecule is COCOC/C=C/B1O[C@H](COC(c2ccccc2)c2ccccc2)[C@@H](COC(c2ccccc2)c2ccccc2)O1. The lowest BCUT2D eigenvalue weighted by molar-refractivity contribution is -0.0321. The number of hydrogen-bond acceptors (Lipinski definition) is 6. The van der Waals surface area contributed by atoms with Gasteiger partial charge in [-0.1, -0.05) is 133 Å². The summed E-state index contributed by atoms with van der Waals surface area (Å²) < 4.78 is 36.2. The topological polar surface area (TPSA) is 55.4 Å². The predicted molar refractivity (Wildman–Crippen MR) is 164 cm³/mol. The van der Waals surface area contributed by atoms with E-state index < -0.39 is 7.12 Å². The Balaban J connectivity index is 1.32. The fourth-order valence-corrected chi connectivity index (χ4v) is 4.97. The van der Waals surface area contributed by atoms with Crippen LogP contribution in [0.3, 0.4) is 0 Å². The van der Waals surface area contributed by atoms with Crippen molar-refractivity contribution in [3.05, 3.63) is 156 Å². The Labute approximate surface area is 248 Å². The van der Waals surface area contributed by atoms with Gasteiger partial charge in [0.2, 0.25) is 0 Å². The van der Waals surface area contributed by atoms with Crippen LogP contribution in [0.1, 0.15) is 34.5 Å². The minimum atomic E-state index is -0.544. The van der Waals surface area contributed by atoms with Crippen LogP contribution < -0.4 is 0 Å². The van der Waals surface area contributed by atoms with E-state index in [4.69, 9.17) is 28.3 Å². The lowest BCUT2D eigenvalue weighted by atomic mass is 9.90. The number of hydrogen-bond donors (Lipinski definition) is 0. The molecule has 0 radical (unpaired) electrons. The first-order valence-corrected chi connectivity index (χ1v) is 14.3. The molecule has 4 aromatic rings. The van der Waals surface area contributed by atoms with E-state index >= 15 is 0 Å². The van der Waals surface area contributed by atoms with Gasteiger partial charge in [0.25, 0.3) is 0 Å². The van der Waals surface area contributed by atoms with Crippen LogP contribution in [0.4, 0.5) is 0 Å². The molecule has 7 heteroatoms. The molecule has 5 rings (SSSR count). The molecule has 6 nitrogen and oxygen atoms in total. The first-order chi connectivity index (χ1) is 20.8. The van der Waals surface area contributed by atoms with E-state index in [1.165, 1.54) is 0 Å². The second-order valence-electron chi connectivity index (χ2n) is 9.99.